The zero-order chi connectivity index (χ0) is 20.6. The molecule has 9 nitrogen and oxygen atoms in total. The maximum absolute atomic E-state index is 12.9. The first-order valence-electron chi connectivity index (χ1n) is 9.12. The highest BCUT2D eigenvalue weighted by atomic mass is 79.9. The topological polar surface area (TPSA) is 116 Å². The van der Waals surface area contributed by atoms with E-state index in [1.54, 1.807) is 12.4 Å². The van der Waals surface area contributed by atoms with Crippen molar-refractivity contribution in [2.45, 2.75) is 17.9 Å². The third-order valence-electron chi connectivity index (χ3n) is 5.32. The number of nitrogens with one attached hydrogen (secondary N) is 1. The molecule has 11 heteroatoms. The average Bonchev–Trinajstić information content (AvgIpc) is 3.44. The van der Waals surface area contributed by atoms with Gasteiger partial charge in [-0.3, -0.25) is 4.79 Å². The van der Waals surface area contributed by atoms with Gasteiger partial charge in [-0.1, -0.05) is 30.3 Å². The highest BCUT2D eigenvalue weighted by Crippen LogP contribution is 2.52. The van der Waals surface area contributed by atoms with Crippen LogP contribution in [0.4, 0.5) is 5.95 Å². The van der Waals surface area contributed by atoms with Crippen LogP contribution in [0.15, 0.2) is 47.2 Å². The van der Waals surface area contributed by atoms with Gasteiger partial charge >= 0.3 is 5.97 Å². The van der Waals surface area contributed by atoms with E-state index in [2.05, 4.69) is 30.6 Å². The lowest BCUT2D eigenvalue weighted by Gasteiger charge is -2.34. The molecule has 0 radical (unpaired) electrons. The third kappa shape index (κ3) is 4.00. The second kappa shape index (κ2) is 7.63. The van der Waals surface area contributed by atoms with Crippen LogP contribution in [0.25, 0.3) is 0 Å². The molecule has 29 heavy (non-hydrogen) atoms. The summed E-state index contributed by atoms with van der Waals surface area (Å²) in [5.74, 6) is -1.00. The molecule has 1 aliphatic heterocycles. The zero-order valence-electron chi connectivity index (χ0n) is 15.4. The molecule has 0 amide bonds. The number of benzene rings is 1. The number of halogens is 1. The first-order valence-corrected chi connectivity index (χ1v) is 11.3. The SMILES string of the molecule is O=C(O)C1(NS(=O)(=O)N2CCN(c3ncc(Br)cn3)CC2)CC1c1ccccc1. The highest BCUT2D eigenvalue weighted by Gasteiger charge is 2.63. The molecule has 2 unspecified atom stereocenters. The van der Waals surface area contributed by atoms with E-state index < -0.39 is 21.7 Å². The number of aromatic nitrogens is 2. The van der Waals surface area contributed by atoms with Gasteiger partial charge in [0.2, 0.25) is 5.95 Å². The number of carboxylic acids is 1. The fourth-order valence-electron chi connectivity index (χ4n) is 3.64. The average molecular weight is 482 g/mol. The molecule has 2 N–H and O–H groups in total. The number of carbonyl (C=O) groups is 1. The summed E-state index contributed by atoms with van der Waals surface area (Å²) in [5.41, 5.74) is -0.679. The van der Waals surface area contributed by atoms with Gasteiger partial charge in [-0.15, -0.1) is 0 Å². The van der Waals surface area contributed by atoms with E-state index >= 15 is 0 Å². The van der Waals surface area contributed by atoms with Crippen LogP contribution in [-0.4, -0.2) is 65.5 Å². The van der Waals surface area contributed by atoms with Gasteiger partial charge in [0.15, 0.2) is 0 Å². The number of hydrogen-bond donors (Lipinski definition) is 2. The van der Waals surface area contributed by atoms with E-state index in [-0.39, 0.29) is 25.4 Å². The van der Waals surface area contributed by atoms with Gasteiger partial charge in [0, 0.05) is 44.5 Å². The summed E-state index contributed by atoms with van der Waals surface area (Å²) < 4.78 is 30.3. The van der Waals surface area contributed by atoms with Crippen LogP contribution in [-0.2, 0) is 15.0 Å². The van der Waals surface area contributed by atoms with Gasteiger partial charge in [0.1, 0.15) is 5.54 Å². The largest absolute Gasteiger partial charge is 0.480 e. The molecule has 2 fully saturated rings. The predicted molar refractivity (Wildman–Crippen MR) is 110 cm³/mol. The van der Waals surface area contributed by atoms with Crippen molar-refractivity contribution >= 4 is 38.1 Å². The van der Waals surface area contributed by atoms with Gasteiger partial charge in [0.25, 0.3) is 10.2 Å². The Hall–Kier alpha value is -2.08. The molecular formula is C18H20BrN5O4S. The summed E-state index contributed by atoms with van der Waals surface area (Å²) in [6.07, 6.45) is 3.51. The number of anilines is 1. The number of aliphatic carboxylic acids is 1. The zero-order valence-corrected chi connectivity index (χ0v) is 17.8. The van der Waals surface area contributed by atoms with Crippen LogP contribution in [0, 0.1) is 0 Å². The quantitative estimate of drug-likeness (QED) is 0.636. The maximum Gasteiger partial charge on any atom is 0.325 e. The summed E-state index contributed by atoms with van der Waals surface area (Å²) in [7, 11) is -3.95. The number of nitrogens with zero attached hydrogens (tertiary/aromatic N) is 4. The van der Waals surface area contributed by atoms with Crippen molar-refractivity contribution in [1.29, 1.82) is 0 Å². The number of carboxylic acid groups (broad SMARTS) is 1. The van der Waals surface area contributed by atoms with Crippen molar-refractivity contribution in [2.24, 2.45) is 0 Å². The van der Waals surface area contributed by atoms with Crippen molar-refractivity contribution in [3.05, 3.63) is 52.8 Å². The first-order chi connectivity index (χ1) is 13.8. The van der Waals surface area contributed by atoms with Gasteiger partial charge in [0.05, 0.1) is 4.47 Å². The van der Waals surface area contributed by atoms with Gasteiger partial charge in [-0.25, -0.2) is 9.97 Å². The smallest absolute Gasteiger partial charge is 0.325 e. The summed E-state index contributed by atoms with van der Waals surface area (Å²) >= 11 is 3.28. The van der Waals surface area contributed by atoms with Crippen LogP contribution in [0.1, 0.15) is 17.9 Å². The lowest BCUT2D eigenvalue weighted by Crippen LogP contribution is -2.56. The Bertz CT molecular complexity index is 997. The van der Waals surface area contributed by atoms with Crippen molar-refractivity contribution in [3.8, 4) is 0 Å². The molecule has 2 aliphatic rings. The summed E-state index contributed by atoms with van der Waals surface area (Å²) in [6, 6.07) is 9.12. The molecule has 2 heterocycles. The summed E-state index contributed by atoms with van der Waals surface area (Å²) in [5, 5.41) is 9.74. The number of rotatable bonds is 6. The van der Waals surface area contributed by atoms with Crippen LogP contribution in [0.2, 0.25) is 0 Å². The van der Waals surface area contributed by atoms with Crippen LogP contribution >= 0.6 is 15.9 Å². The van der Waals surface area contributed by atoms with Crippen molar-refractivity contribution in [2.75, 3.05) is 31.1 Å². The normalized spacial score (nSPS) is 25.0. The lowest BCUT2D eigenvalue weighted by molar-refractivity contribution is -0.140. The minimum atomic E-state index is -3.95. The molecule has 1 aliphatic carbocycles. The summed E-state index contributed by atoms with van der Waals surface area (Å²) in [6.45, 7) is 1.29. The minimum Gasteiger partial charge on any atom is -0.480 e. The van der Waals surface area contributed by atoms with Gasteiger partial charge in [-0.05, 0) is 27.9 Å². The monoisotopic (exact) mass is 481 g/mol. The van der Waals surface area contributed by atoms with Crippen molar-refractivity contribution < 1.29 is 18.3 Å². The molecule has 0 spiro atoms. The van der Waals surface area contributed by atoms with E-state index in [4.69, 9.17) is 0 Å². The molecule has 154 valence electrons. The standard InChI is InChI=1S/C18H20BrN5O4S/c19-14-11-20-17(21-12-14)23-6-8-24(9-7-23)29(27,28)22-18(16(25)26)10-15(18)13-4-2-1-3-5-13/h1-5,11-12,15,22H,6-10H2,(H,25,26). The summed E-state index contributed by atoms with van der Waals surface area (Å²) in [4.78, 5) is 22.3. The lowest BCUT2D eigenvalue weighted by atomic mass is 10.1. The van der Waals surface area contributed by atoms with E-state index in [0.717, 1.165) is 10.0 Å². The molecule has 1 saturated carbocycles. The van der Waals surface area contributed by atoms with Gasteiger partial charge < -0.3 is 10.0 Å². The van der Waals surface area contributed by atoms with Gasteiger partial charge in [-0.2, -0.15) is 17.4 Å². The maximum atomic E-state index is 12.9. The fourth-order valence-corrected chi connectivity index (χ4v) is 5.39. The predicted octanol–water partition coefficient (Wildman–Crippen LogP) is 1.21. The molecule has 2 atom stereocenters. The molecule has 4 rings (SSSR count). The second-order valence-corrected chi connectivity index (χ2v) is 9.72. The van der Waals surface area contributed by atoms with Crippen molar-refractivity contribution in [3.63, 3.8) is 0 Å². The minimum absolute atomic E-state index is 0.223. The second-order valence-electron chi connectivity index (χ2n) is 7.14. The third-order valence-corrected chi connectivity index (χ3v) is 7.40. The fraction of sp³-hybridized carbons (Fsp3) is 0.389. The Kier molecular flexibility index (Phi) is 5.32. The molecule has 2 aromatic rings. The Labute approximate surface area is 177 Å². The van der Waals surface area contributed by atoms with Crippen LogP contribution < -0.4 is 9.62 Å². The van der Waals surface area contributed by atoms with Crippen molar-refractivity contribution in [1.82, 2.24) is 19.0 Å². The van der Waals surface area contributed by atoms with E-state index in [0.29, 0.717) is 19.0 Å². The van der Waals surface area contributed by atoms with Crippen LogP contribution in [0.5, 0.6) is 0 Å². The molecule has 1 saturated heterocycles. The van der Waals surface area contributed by atoms with E-state index in [1.165, 1.54) is 4.31 Å². The Balaban J connectivity index is 1.44. The van der Waals surface area contributed by atoms with Crippen LogP contribution in [0.3, 0.4) is 0 Å². The molecule has 1 aromatic heterocycles. The molecule has 1 aromatic carbocycles. The number of hydrogen-bond acceptors (Lipinski definition) is 6. The Morgan fingerprint density at radius 3 is 2.34 bits per heavy atom. The molecule has 0 bridgehead atoms. The first kappa shape index (κ1) is 20.2. The van der Waals surface area contributed by atoms with E-state index in [9.17, 15) is 18.3 Å². The highest BCUT2D eigenvalue weighted by molar-refractivity contribution is 9.10. The Morgan fingerprint density at radius 1 is 1.14 bits per heavy atom. The number of piperazine rings is 1. The Morgan fingerprint density at radius 2 is 1.76 bits per heavy atom. The molecular weight excluding hydrogens is 462 g/mol. The van der Waals surface area contributed by atoms with E-state index in [1.807, 2.05) is 35.2 Å².